The molecule has 0 aliphatic heterocycles. The molecule has 1 aromatic rings. The van der Waals surface area contributed by atoms with Crippen molar-refractivity contribution in [2.75, 3.05) is 0 Å². The topological polar surface area (TPSA) is 25.8 Å². The molecule has 2 rings (SSSR count). The summed E-state index contributed by atoms with van der Waals surface area (Å²) in [6, 6.07) is 0. The van der Waals surface area contributed by atoms with Gasteiger partial charge in [-0.2, -0.15) is 0 Å². The molecule has 14 heavy (non-hydrogen) atoms. The number of hydrogen-bond acceptors (Lipinski definition) is 2. The summed E-state index contributed by atoms with van der Waals surface area (Å²) in [5, 5.41) is 0.612. The molecule has 4 heteroatoms. The Morgan fingerprint density at radius 1 is 1.43 bits per heavy atom. The summed E-state index contributed by atoms with van der Waals surface area (Å²) in [6.07, 6.45) is 3.30. The van der Waals surface area contributed by atoms with Crippen LogP contribution in [0.15, 0.2) is 0 Å². The normalized spacial score (nSPS) is 18.3. The Hall–Kier alpha value is 0.100. The van der Waals surface area contributed by atoms with Gasteiger partial charge in [-0.05, 0) is 41.9 Å². The second-order valence-corrected chi connectivity index (χ2v) is 5.45. The van der Waals surface area contributed by atoms with Gasteiger partial charge in [0.05, 0.1) is 9.26 Å². The van der Waals surface area contributed by atoms with Crippen LogP contribution in [0.1, 0.15) is 38.2 Å². The zero-order chi connectivity index (χ0) is 10.3. The standard InChI is InChI=1S/C10H12ClIN2/c1-3-6-7(12)8(11)14-9(13-6)10(2)4-5-10/h3-5H2,1-2H3. The average Bonchev–Trinajstić information content (AvgIpc) is 2.89. The van der Waals surface area contributed by atoms with E-state index in [-0.39, 0.29) is 5.41 Å². The van der Waals surface area contributed by atoms with Gasteiger partial charge in [-0.1, -0.05) is 25.4 Å². The third kappa shape index (κ3) is 1.76. The summed E-state index contributed by atoms with van der Waals surface area (Å²) in [5.74, 6) is 0.930. The van der Waals surface area contributed by atoms with Crippen molar-refractivity contribution in [1.29, 1.82) is 0 Å². The van der Waals surface area contributed by atoms with Crippen molar-refractivity contribution in [3.63, 3.8) is 0 Å². The lowest BCUT2D eigenvalue weighted by molar-refractivity contribution is 0.696. The molecule has 76 valence electrons. The SMILES string of the molecule is CCc1nc(C2(C)CC2)nc(Cl)c1I. The predicted octanol–water partition coefficient (Wildman–Crippen LogP) is 3.35. The Balaban J connectivity index is 2.48. The molecule has 1 heterocycles. The zero-order valence-corrected chi connectivity index (χ0v) is 11.2. The van der Waals surface area contributed by atoms with Crippen molar-refractivity contribution in [2.45, 2.75) is 38.5 Å². The monoisotopic (exact) mass is 322 g/mol. The Kier molecular flexibility index (Phi) is 2.72. The molecule has 0 N–H and O–H groups in total. The molecule has 0 amide bonds. The molecule has 2 nitrogen and oxygen atoms in total. The maximum absolute atomic E-state index is 6.07. The molecule has 0 unspecified atom stereocenters. The molecule has 0 radical (unpaired) electrons. The second kappa shape index (κ2) is 3.59. The Morgan fingerprint density at radius 2 is 2.07 bits per heavy atom. The molecule has 1 saturated carbocycles. The largest absolute Gasteiger partial charge is 0.236 e. The van der Waals surface area contributed by atoms with E-state index in [0.717, 1.165) is 21.5 Å². The van der Waals surface area contributed by atoms with E-state index in [9.17, 15) is 0 Å². The maximum atomic E-state index is 6.07. The third-order valence-corrected chi connectivity index (χ3v) is 4.48. The van der Waals surface area contributed by atoms with Gasteiger partial charge in [-0.3, -0.25) is 0 Å². The van der Waals surface area contributed by atoms with E-state index in [1.165, 1.54) is 12.8 Å². The van der Waals surface area contributed by atoms with Crippen molar-refractivity contribution >= 4 is 34.2 Å². The first-order chi connectivity index (χ1) is 6.57. The summed E-state index contributed by atoms with van der Waals surface area (Å²) in [7, 11) is 0. The Labute approximate surface area is 103 Å². The van der Waals surface area contributed by atoms with Gasteiger partial charge in [-0.15, -0.1) is 0 Å². The Bertz CT molecular complexity index is 375. The molecule has 0 atom stereocenters. The van der Waals surface area contributed by atoms with Crippen LogP contribution in [0.3, 0.4) is 0 Å². The fraction of sp³-hybridized carbons (Fsp3) is 0.600. The number of aryl methyl sites for hydroxylation is 1. The quantitative estimate of drug-likeness (QED) is 0.616. The van der Waals surface area contributed by atoms with Gasteiger partial charge >= 0.3 is 0 Å². The lowest BCUT2D eigenvalue weighted by atomic mass is 10.1. The summed E-state index contributed by atoms with van der Waals surface area (Å²) >= 11 is 8.29. The zero-order valence-electron chi connectivity index (χ0n) is 8.27. The summed E-state index contributed by atoms with van der Waals surface area (Å²) in [4.78, 5) is 8.94. The minimum atomic E-state index is 0.206. The molecule has 0 spiro atoms. The molecular weight excluding hydrogens is 310 g/mol. The summed E-state index contributed by atoms with van der Waals surface area (Å²) in [5.41, 5.74) is 1.28. The van der Waals surface area contributed by atoms with E-state index in [1.54, 1.807) is 0 Å². The van der Waals surface area contributed by atoms with Gasteiger partial charge in [0.25, 0.3) is 0 Å². The summed E-state index contributed by atoms with van der Waals surface area (Å²) < 4.78 is 1.000. The van der Waals surface area contributed by atoms with Crippen LogP contribution in [0.25, 0.3) is 0 Å². The molecule has 0 saturated heterocycles. The molecule has 1 aliphatic rings. The van der Waals surface area contributed by atoms with Crippen LogP contribution in [-0.2, 0) is 11.8 Å². The van der Waals surface area contributed by atoms with Crippen molar-refractivity contribution < 1.29 is 0 Å². The van der Waals surface area contributed by atoms with E-state index in [0.29, 0.717) is 5.15 Å². The van der Waals surface area contributed by atoms with Crippen LogP contribution in [-0.4, -0.2) is 9.97 Å². The van der Waals surface area contributed by atoms with Crippen LogP contribution < -0.4 is 0 Å². The van der Waals surface area contributed by atoms with E-state index in [2.05, 4.69) is 46.4 Å². The average molecular weight is 323 g/mol. The minimum Gasteiger partial charge on any atom is -0.236 e. The van der Waals surface area contributed by atoms with Gasteiger partial charge in [0.2, 0.25) is 0 Å². The molecule has 1 aromatic heterocycles. The first kappa shape index (κ1) is 10.6. The minimum absolute atomic E-state index is 0.206. The van der Waals surface area contributed by atoms with Crippen LogP contribution in [0.5, 0.6) is 0 Å². The molecular formula is C10H12ClIN2. The third-order valence-electron chi connectivity index (χ3n) is 2.75. The lowest BCUT2D eigenvalue weighted by Crippen LogP contribution is -2.10. The highest BCUT2D eigenvalue weighted by Gasteiger charge is 2.42. The van der Waals surface area contributed by atoms with Crippen LogP contribution in [0.4, 0.5) is 0 Å². The van der Waals surface area contributed by atoms with Gasteiger partial charge in [-0.25, -0.2) is 9.97 Å². The van der Waals surface area contributed by atoms with Crippen molar-refractivity contribution in [3.05, 3.63) is 20.2 Å². The Morgan fingerprint density at radius 3 is 2.57 bits per heavy atom. The number of aromatic nitrogens is 2. The number of halogens is 2. The van der Waals surface area contributed by atoms with E-state index in [4.69, 9.17) is 11.6 Å². The van der Waals surface area contributed by atoms with E-state index in [1.807, 2.05) is 0 Å². The van der Waals surface area contributed by atoms with Crippen LogP contribution in [0, 0.1) is 3.57 Å². The van der Waals surface area contributed by atoms with Crippen LogP contribution in [0.2, 0.25) is 5.15 Å². The highest BCUT2D eigenvalue weighted by Crippen LogP contribution is 2.46. The number of rotatable bonds is 2. The fourth-order valence-corrected chi connectivity index (χ4v) is 2.19. The van der Waals surface area contributed by atoms with Gasteiger partial charge in [0, 0.05) is 5.41 Å². The van der Waals surface area contributed by atoms with Crippen molar-refractivity contribution in [2.24, 2.45) is 0 Å². The smallest absolute Gasteiger partial charge is 0.146 e. The number of nitrogens with zero attached hydrogens (tertiary/aromatic N) is 2. The van der Waals surface area contributed by atoms with E-state index >= 15 is 0 Å². The van der Waals surface area contributed by atoms with E-state index < -0.39 is 0 Å². The maximum Gasteiger partial charge on any atom is 0.146 e. The molecule has 0 aromatic carbocycles. The molecule has 0 bridgehead atoms. The van der Waals surface area contributed by atoms with Crippen molar-refractivity contribution in [3.8, 4) is 0 Å². The number of hydrogen-bond donors (Lipinski definition) is 0. The summed E-state index contributed by atoms with van der Waals surface area (Å²) in [6.45, 7) is 4.30. The molecule has 1 aliphatic carbocycles. The highest BCUT2D eigenvalue weighted by molar-refractivity contribution is 14.1. The van der Waals surface area contributed by atoms with Gasteiger partial charge in [0.15, 0.2) is 0 Å². The van der Waals surface area contributed by atoms with Gasteiger partial charge < -0.3 is 0 Å². The van der Waals surface area contributed by atoms with Crippen LogP contribution >= 0.6 is 34.2 Å². The lowest BCUT2D eigenvalue weighted by Gasteiger charge is -2.10. The fourth-order valence-electron chi connectivity index (χ4n) is 1.38. The predicted molar refractivity (Wildman–Crippen MR) is 65.7 cm³/mol. The van der Waals surface area contributed by atoms with Gasteiger partial charge in [0.1, 0.15) is 11.0 Å². The first-order valence-electron chi connectivity index (χ1n) is 4.79. The molecule has 1 fully saturated rings. The van der Waals surface area contributed by atoms with Crippen molar-refractivity contribution in [1.82, 2.24) is 9.97 Å². The highest BCUT2D eigenvalue weighted by atomic mass is 127. The second-order valence-electron chi connectivity index (χ2n) is 4.01. The first-order valence-corrected chi connectivity index (χ1v) is 6.25.